The van der Waals surface area contributed by atoms with Gasteiger partial charge < -0.3 is 9.15 Å². The zero-order chi connectivity index (χ0) is 25.1. The van der Waals surface area contributed by atoms with Crippen molar-refractivity contribution in [2.45, 2.75) is 71.4 Å². The molecule has 1 aliphatic carbocycles. The number of carbonyl (C=O) groups excluding carboxylic acids is 1. The number of nitrogens with one attached hydrogen (secondary N) is 1. The highest BCUT2D eigenvalue weighted by atomic mass is 16.5. The average molecular weight is 489 g/mol. The first-order valence-electron chi connectivity index (χ1n) is 13.4. The van der Waals surface area contributed by atoms with Gasteiger partial charge in [0.1, 0.15) is 17.4 Å². The molecule has 0 spiro atoms. The van der Waals surface area contributed by atoms with Gasteiger partial charge in [0.2, 0.25) is 11.8 Å². The predicted molar refractivity (Wildman–Crippen MR) is 142 cm³/mol. The number of nitrogens with zero attached hydrogens (tertiary/aromatic N) is 3. The van der Waals surface area contributed by atoms with E-state index in [2.05, 4.69) is 36.2 Å². The van der Waals surface area contributed by atoms with Gasteiger partial charge in [-0.1, -0.05) is 33.3 Å². The molecule has 1 aromatic heterocycles. The number of likely N-dealkylation sites (N-methyl/N-ethyl adjacent to an activating group) is 1. The van der Waals surface area contributed by atoms with Crippen molar-refractivity contribution in [1.82, 2.24) is 15.3 Å². The van der Waals surface area contributed by atoms with E-state index in [1.165, 1.54) is 19.3 Å². The highest BCUT2D eigenvalue weighted by Crippen LogP contribution is 2.31. The van der Waals surface area contributed by atoms with E-state index in [1.54, 1.807) is 0 Å². The Balaban J connectivity index is 1.33. The monoisotopic (exact) mass is 488 g/mol. The zero-order valence-corrected chi connectivity index (χ0v) is 21.5. The lowest BCUT2D eigenvalue weighted by molar-refractivity contribution is -0.122. The minimum Gasteiger partial charge on any atom is -0.489 e. The summed E-state index contributed by atoms with van der Waals surface area (Å²) in [6.07, 6.45) is 6.35. The SMILES string of the molecule is CCC1CC(=O)NN=C1c1ccc2nc(-c3ccc(OC4CCCCC4N(CC)CC)cc3)oc2c1. The van der Waals surface area contributed by atoms with Crippen LogP contribution in [0, 0.1) is 5.92 Å². The summed E-state index contributed by atoms with van der Waals surface area (Å²) in [4.78, 5) is 19.0. The summed E-state index contributed by atoms with van der Waals surface area (Å²) in [7, 11) is 0. The fraction of sp³-hybridized carbons (Fsp3) is 0.483. The van der Waals surface area contributed by atoms with Crippen molar-refractivity contribution in [1.29, 1.82) is 0 Å². The molecule has 2 heterocycles. The van der Waals surface area contributed by atoms with Gasteiger partial charge in [-0.15, -0.1) is 0 Å². The molecule has 36 heavy (non-hydrogen) atoms. The van der Waals surface area contributed by atoms with Crippen LogP contribution in [-0.4, -0.2) is 46.7 Å². The smallest absolute Gasteiger partial charge is 0.240 e. The van der Waals surface area contributed by atoms with E-state index in [0.29, 0.717) is 23.9 Å². The van der Waals surface area contributed by atoms with Gasteiger partial charge in [0, 0.05) is 29.5 Å². The molecule has 3 unspecified atom stereocenters. The second-order valence-electron chi connectivity index (χ2n) is 9.80. The first kappa shape index (κ1) is 24.5. The third-order valence-corrected chi connectivity index (χ3v) is 7.63. The molecule has 3 atom stereocenters. The number of aromatic nitrogens is 1. The maximum absolute atomic E-state index is 11.7. The number of carbonyl (C=O) groups is 1. The molecule has 2 aromatic carbocycles. The summed E-state index contributed by atoms with van der Waals surface area (Å²) in [6, 6.07) is 14.5. The van der Waals surface area contributed by atoms with Crippen molar-refractivity contribution in [3.63, 3.8) is 0 Å². The van der Waals surface area contributed by atoms with Gasteiger partial charge in [-0.3, -0.25) is 9.69 Å². The summed E-state index contributed by atoms with van der Waals surface area (Å²) >= 11 is 0. The molecule has 2 aliphatic rings. The maximum Gasteiger partial charge on any atom is 0.240 e. The first-order valence-corrected chi connectivity index (χ1v) is 13.4. The summed E-state index contributed by atoms with van der Waals surface area (Å²) in [5.74, 6) is 1.55. The molecular formula is C29H36N4O3. The van der Waals surface area contributed by atoms with E-state index in [4.69, 9.17) is 14.1 Å². The molecule has 1 N–H and O–H groups in total. The van der Waals surface area contributed by atoms with E-state index in [0.717, 1.165) is 54.0 Å². The number of hydrazone groups is 1. The van der Waals surface area contributed by atoms with Crippen LogP contribution in [-0.2, 0) is 4.79 Å². The predicted octanol–water partition coefficient (Wildman–Crippen LogP) is 5.78. The molecule has 0 bridgehead atoms. The Hall–Kier alpha value is -3.19. The van der Waals surface area contributed by atoms with Crippen molar-refractivity contribution >= 4 is 22.7 Å². The fourth-order valence-electron chi connectivity index (χ4n) is 5.60. The Morgan fingerprint density at radius 3 is 2.53 bits per heavy atom. The minimum absolute atomic E-state index is 0.0342. The maximum atomic E-state index is 11.7. The van der Waals surface area contributed by atoms with E-state index in [-0.39, 0.29) is 17.9 Å². The number of hydrogen-bond donors (Lipinski definition) is 1. The fourth-order valence-corrected chi connectivity index (χ4v) is 5.60. The Morgan fingerprint density at radius 1 is 1.03 bits per heavy atom. The lowest BCUT2D eigenvalue weighted by Crippen LogP contribution is -2.47. The van der Waals surface area contributed by atoms with E-state index in [9.17, 15) is 4.79 Å². The van der Waals surface area contributed by atoms with Crippen molar-refractivity contribution in [3.05, 3.63) is 48.0 Å². The van der Waals surface area contributed by atoms with Crippen molar-refractivity contribution in [2.24, 2.45) is 11.0 Å². The zero-order valence-electron chi connectivity index (χ0n) is 21.5. The van der Waals surface area contributed by atoms with Crippen LogP contribution < -0.4 is 10.2 Å². The van der Waals surface area contributed by atoms with Crippen LogP contribution in [0.3, 0.4) is 0 Å². The second kappa shape index (κ2) is 10.8. The molecular weight excluding hydrogens is 452 g/mol. The Labute approximate surface area is 212 Å². The second-order valence-corrected chi connectivity index (χ2v) is 9.80. The van der Waals surface area contributed by atoms with Crippen LogP contribution in [0.4, 0.5) is 0 Å². The summed E-state index contributed by atoms with van der Waals surface area (Å²) in [6.45, 7) is 8.65. The molecule has 3 aromatic rings. The van der Waals surface area contributed by atoms with Crippen LogP contribution in [0.2, 0.25) is 0 Å². The number of oxazole rings is 1. The summed E-state index contributed by atoms with van der Waals surface area (Å²) < 4.78 is 12.6. The highest BCUT2D eigenvalue weighted by Gasteiger charge is 2.30. The quantitative estimate of drug-likeness (QED) is 0.435. The van der Waals surface area contributed by atoms with Crippen molar-refractivity contribution in [2.75, 3.05) is 13.1 Å². The summed E-state index contributed by atoms with van der Waals surface area (Å²) in [5.41, 5.74) is 6.88. The van der Waals surface area contributed by atoms with Gasteiger partial charge in [-0.2, -0.15) is 5.10 Å². The molecule has 0 saturated heterocycles. The van der Waals surface area contributed by atoms with E-state index >= 15 is 0 Å². The molecule has 1 fully saturated rings. The van der Waals surface area contributed by atoms with E-state index in [1.807, 2.05) is 42.5 Å². The van der Waals surface area contributed by atoms with Gasteiger partial charge in [-0.25, -0.2) is 10.4 Å². The van der Waals surface area contributed by atoms with Crippen molar-refractivity contribution in [3.8, 4) is 17.2 Å². The van der Waals surface area contributed by atoms with Gasteiger partial charge in [-0.05, 0) is 75.2 Å². The average Bonchev–Trinajstić information content (AvgIpc) is 3.34. The van der Waals surface area contributed by atoms with Crippen LogP contribution in [0.15, 0.2) is 52.0 Å². The van der Waals surface area contributed by atoms with Crippen LogP contribution >= 0.6 is 0 Å². The van der Waals surface area contributed by atoms with Gasteiger partial charge in [0.15, 0.2) is 5.58 Å². The number of ether oxygens (including phenoxy) is 1. The van der Waals surface area contributed by atoms with Crippen LogP contribution in [0.5, 0.6) is 5.75 Å². The van der Waals surface area contributed by atoms with Crippen molar-refractivity contribution < 1.29 is 13.9 Å². The third-order valence-electron chi connectivity index (χ3n) is 7.63. The third kappa shape index (κ3) is 5.03. The first-order chi connectivity index (χ1) is 17.6. The number of amides is 1. The lowest BCUT2D eigenvalue weighted by atomic mass is 9.90. The molecule has 5 rings (SSSR count). The van der Waals surface area contributed by atoms with Gasteiger partial charge in [0.05, 0.1) is 5.71 Å². The molecule has 7 heteroatoms. The molecule has 0 radical (unpaired) electrons. The molecule has 1 saturated carbocycles. The van der Waals surface area contributed by atoms with Crippen LogP contribution in [0.1, 0.15) is 64.9 Å². The standard InChI is InChI=1S/C29H36N4O3/c1-4-19-18-27(34)31-32-28(19)21-13-16-23-26(17-21)36-29(30-23)20-11-14-22(15-12-20)35-25-10-8-7-9-24(25)33(5-2)6-3/h11-17,19,24-25H,4-10,18H2,1-3H3,(H,31,34). The lowest BCUT2D eigenvalue weighted by Gasteiger charge is -2.39. The normalized spacial score (nSPS) is 22.5. The Bertz CT molecular complexity index is 1230. The Morgan fingerprint density at radius 2 is 1.78 bits per heavy atom. The molecule has 1 aliphatic heterocycles. The molecule has 1 amide bonds. The molecule has 7 nitrogen and oxygen atoms in total. The van der Waals surface area contributed by atoms with Gasteiger partial charge >= 0.3 is 0 Å². The Kier molecular flexibility index (Phi) is 7.37. The number of hydrogen-bond acceptors (Lipinski definition) is 6. The largest absolute Gasteiger partial charge is 0.489 e. The minimum atomic E-state index is -0.0342. The molecule has 190 valence electrons. The number of rotatable bonds is 8. The number of benzene rings is 2. The van der Waals surface area contributed by atoms with Gasteiger partial charge in [0.25, 0.3) is 0 Å². The van der Waals surface area contributed by atoms with E-state index < -0.39 is 0 Å². The number of fused-ring (bicyclic) bond motifs is 1. The van der Waals surface area contributed by atoms with Crippen LogP contribution in [0.25, 0.3) is 22.6 Å². The highest BCUT2D eigenvalue weighted by molar-refractivity contribution is 6.07. The summed E-state index contributed by atoms with van der Waals surface area (Å²) in [5, 5.41) is 4.33. The topological polar surface area (TPSA) is 80.0 Å².